The Balaban J connectivity index is 2.02. The Kier molecular flexibility index (Phi) is 5.31. The van der Waals surface area contributed by atoms with Gasteiger partial charge in [0.25, 0.3) is 5.91 Å². The van der Waals surface area contributed by atoms with E-state index in [0.717, 1.165) is 25.7 Å². The van der Waals surface area contributed by atoms with Crippen molar-refractivity contribution in [1.29, 1.82) is 5.26 Å². The van der Waals surface area contributed by atoms with Gasteiger partial charge in [-0.1, -0.05) is 25.0 Å². The summed E-state index contributed by atoms with van der Waals surface area (Å²) in [5.74, 6) is -0.392. The Morgan fingerprint density at radius 3 is 2.68 bits per heavy atom. The van der Waals surface area contributed by atoms with Crippen LogP contribution in [0.5, 0.6) is 0 Å². The smallest absolute Gasteiger partial charge is 0.263 e. The fourth-order valence-corrected chi connectivity index (χ4v) is 2.47. The van der Waals surface area contributed by atoms with Gasteiger partial charge in [0, 0.05) is 23.5 Å². The molecule has 114 valence electrons. The first-order chi connectivity index (χ1) is 10.6. The normalized spacial score (nSPS) is 15.2. The van der Waals surface area contributed by atoms with Crippen molar-refractivity contribution in [3.05, 3.63) is 41.6 Å². The van der Waals surface area contributed by atoms with Crippen LogP contribution < -0.4 is 10.6 Å². The number of carbonyl (C=O) groups is 2. The molecule has 22 heavy (non-hydrogen) atoms. The van der Waals surface area contributed by atoms with Crippen molar-refractivity contribution in [3.63, 3.8) is 0 Å². The molecule has 0 bridgehead atoms. The van der Waals surface area contributed by atoms with E-state index in [4.69, 9.17) is 5.26 Å². The molecule has 0 radical (unpaired) electrons. The first kappa shape index (κ1) is 15.8. The number of carbonyl (C=O) groups excluding carboxylic acids is 2. The van der Waals surface area contributed by atoms with Gasteiger partial charge in [0.1, 0.15) is 11.6 Å². The molecule has 0 aliphatic heterocycles. The quantitative estimate of drug-likeness (QED) is 0.497. The molecule has 1 fully saturated rings. The second-order valence-corrected chi connectivity index (χ2v) is 5.41. The molecule has 0 heterocycles. The van der Waals surface area contributed by atoms with Gasteiger partial charge >= 0.3 is 0 Å². The van der Waals surface area contributed by atoms with E-state index >= 15 is 0 Å². The van der Waals surface area contributed by atoms with Crippen molar-refractivity contribution in [1.82, 2.24) is 5.32 Å². The molecule has 2 rings (SSSR count). The van der Waals surface area contributed by atoms with Crippen LogP contribution in [-0.4, -0.2) is 17.7 Å². The molecular formula is C17H19N3O2. The Morgan fingerprint density at radius 1 is 1.32 bits per heavy atom. The number of Topliss-reactive ketones (excluding diaryl/α,β-unsaturated/α-hetero) is 1. The van der Waals surface area contributed by atoms with Crippen molar-refractivity contribution in [2.45, 2.75) is 38.6 Å². The van der Waals surface area contributed by atoms with Crippen LogP contribution in [0.4, 0.5) is 5.69 Å². The monoisotopic (exact) mass is 297 g/mol. The second-order valence-electron chi connectivity index (χ2n) is 5.41. The van der Waals surface area contributed by atoms with Crippen LogP contribution in [0.25, 0.3) is 0 Å². The predicted molar refractivity (Wildman–Crippen MR) is 84.2 cm³/mol. The van der Waals surface area contributed by atoms with Crippen LogP contribution in [0.2, 0.25) is 0 Å². The van der Waals surface area contributed by atoms with Gasteiger partial charge in [-0.05, 0) is 31.9 Å². The number of nitrogens with zero attached hydrogens (tertiary/aromatic N) is 1. The molecule has 1 aliphatic rings. The molecule has 0 atom stereocenters. The number of rotatable bonds is 5. The molecule has 0 saturated heterocycles. The minimum atomic E-state index is -0.357. The lowest BCUT2D eigenvalue weighted by atomic mass is 10.1. The van der Waals surface area contributed by atoms with E-state index in [2.05, 4.69) is 10.6 Å². The summed E-state index contributed by atoms with van der Waals surface area (Å²) in [5, 5.41) is 14.9. The van der Waals surface area contributed by atoms with E-state index in [1.54, 1.807) is 24.3 Å². The molecule has 5 nitrogen and oxygen atoms in total. The molecule has 1 amide bonds. The maximum Gasteiger partial charge on any atom is 0.263 e. The van der Waals surface area contributed by atoms with Crippen LogP contribution in [0, 0.1) is 11.3 Å². The van der Waals surface area contributed by atoms with Crippen LogP contribution in [-0.2, 0) is 4.79 Å². The number of ketones is 1. The maximum absolute atomic E-state index is 12.0. The molecule has 0 aromatic heterocycles. The summed E-state index contributed by atoms with van der Waals surface area (Å²) < 4.78 is 0. The first-order valence-electron chi connectivity index (χ1n) is 7.39. The van der Waals surface area contributed by atoms with E-state index in [-0.39, 0.29) is 23.3 Å². The minimum Gasteiger partial charge on any atom is -0.360 e. The molecule has 1 aromatic carbocycles. The van der Waals surface area contributed by atoms with E-state index in [1.165, 1.54) is 13.1 Å². The first-order valence-corrected chi connectivity index (χ1v) is 7.39. The highest BCUT2D eigenvalue weighted by Crippen LogP contribution is 2.18. The SMILES string of the molecule is CC(=O)c1cccc(N/C=C(/C#N)C(=O)NC2CCCC2)c1. The molecule has 1 saturated carbocycles. The molecular weight excluding hydrogens is 278 g/mol. The summed E-state index contributed by atoms with van der Waals surface area (Å²) in [6.45, 7) is 1.49. The number of hydrogen-bond donors (Lipinski definition) is 2. The van der Waals surface area contributed by atoms with Crippen molar-refractivity contribution in [3.8, 4) is 6.07 Å². The lowest BCUT2D eigenvalue weighted by Crippen LogP contribution is -2.33. The molecule has 1 aromatic rings. The van der Waals surface area contributed by atoms with Crippen LogP contribution in [0.3, 0.4) is 0 Å². The third kappa shape index (κ3) is 4.19. The molecule has 0 unspecified atom stereocenters. The largest absolute Gasteiger partial charge is 0.360 e. The van der Waals surface area contributed by atoms with E-state index < -0.39 is 0 Å². The predicted octanol–water partition coefficient (Wildman–Crippen LogP) is 2.77. The van der Waals surface area contributed by atoms with Crippen molar-refractivity contribution >= 4 is 17.4 Å². The van der Waals surface area contributed by atoms with Gasteiger partial charge in [-0.15, -0.1) is 0 Å². The van der Waals surface area contributed by atoms with Gasteiger partial charge in [-0.2, -0.15) is 5.26 Å². The van der Waals surface area contributed by atoms with Crippen LogP contribution in [0.15, 0.2) is 36.0 Å². The van der Waals surface area contributed by atoms with E-state index in [9.17, 15) is 9.59 Å². The third-order valence-electron chi connectivity index (χ3n) is 3.71. The van der Waals surface area contributed by atoms with Gasteiger partial charge in [-0.3, -0.25) is 9.59 Å². The van der Waals surface area contributed by atoms with Gasteiger partial charge in [0.15, 0.2) is 5.78 Å². The summed E-state index contributed by atoms with van der Waals surface area (Å²) in [7, 11) is 0. The number of amides is 1. The highest BCUT2D eigenvalue weighted by Gasteiger charge is 2.19. The number of nitriles is 1. The average molecular weight is 297 g/mol. The Labute approximate surface area is 130 Å². The van der Waals surface area contributed by atoms with Crippen LogP contribution in [0.1, 0.15) is 43.0 Å². The standard InChI is InChI=1S/C17H19N3O2/c1-12(21)13-5-4-8-16(9-13)19-11-14(10-18)17(22)20-15-6-2-3-7-15/h4-5,8-9,11,15,19H,2-3,6-7H2,1H3,(H,20,22)/b14-11-. The second kappa shape index (κ2) is 7.41. The topological polar surface area (TPSA) is 82.0 Å². The number of nitrogens with one attached hydrogen (secondary N) is 2. The zero-order valence-corrected chi connectivity index (χ0v) is 12.6. The zero-order valence-electron chi connectivity index (χ0n) is 12.6. The van der Waals surface area contributed by atoms with Gasteiger partial charge in [0.2, 0.25) is 0 Å². The third-order valence-corrected chi connectivity index (χ3v) is 3.71. The summed E-state index contributed by atoms with van der Waals surface area (Å²) >= 11 is 0. The molecule has 2 N–H and O–H groups in total. The number of anilines is 1. The van der Waals surface area contributed by atoms with E-state index in [1.807, 2.05) is 6.07 Å². The number of hydrogen-bond acceptors (Lipinski definition) is 4. The fraction of sp³-hybridized carbons (Fsp3) is 0.353. The minimum absolute atomic E-state index is 0.0279. The highest BCUT2D eigenvalue weighted by atomic mass is 16.1. The van der Waals surface area contributed by atoms with Gasteiger partial charge in [-0.25, -0.2) is 0 Å². The summed E-state index contributed by atoms with van der Waals surface area (Å²) in [6, 6.07) is 8.99. The summed E-state index contributed by atoms with van der Waals surface area (Å²) in [5.41, 5.74) is 1.27. The lowest BCUT2D eigenvalue weighted by Gasteiger charge is -2.11. The Bertz CT molecular complexity index is 638. The fourth-order valence-electron chi connectivity index (χ4n) is 2.47. The van der Waals surface area contributed by atoms with Gasteiger partial charge < -0.3 is 10.6 Å². The lowest BCUT2D eigenvalue weighted by molar-refractivity contribution is -0.117. The molecule has 0 spiro atoms. The maximum atomic E-state index is 12.0. The average Bonchev–Trinajstić information content (AvgIpc) is 3.01. The van der Waals surface area contributed by atoms with Crippen molar-refractivity contribution in [2.24, 2.45) is 0 Å². The molecule has 5 heteroatoms. The Hall–Kier alpha value is -2.61. The van der Waals surface area contributed by atoms with Crippen LogP contribution >= 0.6 is 0 Å². The highest BCUT2D eigenvalue weighted by molar-refractivity contribution is 5.98. The molecule has 1 aliphatic carbocycles. The Morgan fingerprint density at radius 2 is 2.05 bits per heavy atom. The summed E-state index contributed by atoms with van der Waals surface area (Å²) in [4.78, 5) is 23.4. The number of benzene rings is 1. The summed E-state index contributed by atoms with van der Waals surface area (Å²) in [6.07, 6.45) is 5.56. The van der Waals surface area contributed by atoms with Gasteiger partial charge in [0.05, 0.1) is 0 Å². The van der Waals surface area contributed by atoms with E-state index in [0.29, 0.717) is 11.3 Å². The van der Waals surface area contributed by atoms with Crippen molar-refractivity contribution < 1.29 is 9.59 Å². The zero-order chi connectivity index (χ0) is 15.9. The van der Waals surface area contributed by atoms with Crippen molar-refractivity contribution in [2.75, 3.05) is 5.32 Å².